The number of rotatable bonds is 5. The minimum absolute atomic E-state index is 0.00630. The van der Waals surface area contributed by atoms with Gasteiger partial charge in [0.2, 0.25) is 5.91 Å². The Balaban J connectivity index is 1.47. The van der Waals surface area contributed by atoms with E-state index in [4.69, 9.17) is 21.1 Å². The average molecular weight is 370 g/mol. The quantitative estimate of drug-likeness (QED) is 0.795. The number of benzene rings is 2. The van der Waals surface area contributed by atoms with Crippen molar-refractivity contribution in [2.45, 2.75) is 18.9 Å². The maximum Gasteiger partial charge on any atom is 0.244 e. The summed E-state index contributed by atoms with van der Waals surface area (Å²) < 4.78 is 11.3. The Morgan fingerprint density at radius 3 is 2.54 bits per heavy atom. The van der Waals surface area contributed by atoms with E-state index < -0.39 is 0 Å². The van der Waals surface area contributed by atoms with Gasteiger partial charge in [-0.25, -0.2) is 0 Å². The van der Waals surface area contributed by atoms with Gasteiger partial charge in [0.15, 0.2) is 11.5 Å². The van der Waals surface area contributed by atoms with Gasteiger partial charge in [-0.05, 0) is 60.2 Å². The number of hydrogen-bond acceptors (Lipinski definition) is 3. The maximum absolute atomic E-state index is 12.4. The number of amides is 1. The van der Waals surface area contributed by atoms with E-state index in [0.717, 1.165) is 35.5 Å². The number of halogens is 1. The number of fused-ring (bicyclic) bond motifs is 1. The molecule has 4 nitrogen and oxygen atoms in total. The average Bonchev–Trinajstić information content (AvgIpc) is 3.50. The minimum Gasteiger partial charge on any atom is -0.486 e. The highest BCUT2D eigenvalue weighted by Crippen LogP contribution is 2.43. The summed E-state index contributed by atoms with van der Waals surface area (Å²) in [6, 6.07) is 13.3. The van der Waals surface area contributed by atoms with Gasteiger partial charge in [-0.3, -0.25) is 4.79 Å². The molecule has 2 aromatic rings. The van der Waals surface area contributed by atoms with Gasteiger partial charge in [0.25, 0.3) is 0 Å². The van der Waals surface area contributed by atoms with Crippen LogP contribution in [0.25, 0.3) is 6.08 Å². The first kappa shape index (κ1) is 17.0. The molecule has 0 bridgehead atoms. The third kappa shape index (κ3) is 4.02. The molecule has 4 rings (SSSR count). The maximum atomic E-state index is 12.4. The second kappa shape index (κ2) is 7.42. The molecule has 1 aliphatic heterocycles. The van der Waals surface area contributed by atoms with Crippen LogP contribution in [-0.4, -0.2) is 19.1 Å². The third-order valence-corrected chi connectivity index (χ3v) is 4.87. The van der Waals surface area contributed by atoms with Crippen LogP contribution in [0.2, 0.25) is 5.02 Å². The summed E-state index contributed by atoms with van der Waals surface area (Å²) in [6.07, 6.45) is 5.61. The van der Waals surface area contributed by atoms with Crippen LogP contribution in [0.3, 0.4) is 0 Å². The fourth-order valence-electron chi connectivity index (χ4n) is 3.10. The van der Waals surface area contributed by atoms with E-state index in [2.05, 4.69) is 5.32 Å². The van der Waals surface area contributed by atoms with Crippen LogP contribution in [-0.2, 0) is 4.79 Å². The molecule has 2 aliphatic rings. The second-order valence-corrected chi connectivity index (χ2v) is 7.05. The Morgan fingerprint density at radius 1 is 1.08 bits per heavy atom. The molecule has 1 heterocycles. The number of carbonyl (C=O) groups excluding carboxylic acids is 1. The van der Waals surface area contributed by atoms with E-state index in [1.54, 1.807) is 24.3 Å². The van der Waals surface area contributed by atoms with E-state index in [1.807, 2.05) is 30.3 Å². The first-order chi connectivity index (χ1) is 12.7. The van der Waals surface area contributed by atoms with Crippen LogP contribution in [0.5, 0.6) is 11.5 Å². The molecule has 0 saturated heterocycles. The largest absolute Gasteiger partial charge is 0.486 e. The molecule has 26 heavy (non-hydrogen) atoms. The zero-order chi connectivity index (χ0) is 17.9. The van der Waals surface area contributed by atoms with E-state index >= 15 is 0 Å². The molecule has 1 aliphatic carbocycles. The first-order valence-electron chi connectivity index (χ1n) is 8.83. The van der Waals surface area contributed by atoms with Gasteiger partial charge in [-0.2, -0.15) is 0 Å². The summed E-state index contributed by atoms with van der Waals surface area (Å²) in [5.74, 6) is 1.89. The highest BCUT2D eigenvalue weighted by Gasteiger charge is 2.33. The standard InChI is InChI=1S/C21H20ClNO3/c22-17-7-1-14(2-8-17)3-10-20(24)23-21(15-4-5-15)16-6-9-18-19(13-16)26-12-11-25-18/h1-3,6-10,13,15,21H,4-5,11-12H2,(H,23,24)/b10-3+. The van der Waals surface area contributed by atoms with E-state index in [9.17, 15) is 4.79 Å². The van der Waals surface area contributed by atoms with Gasteiger partial charge in [0.05, 0.1) is 6.04 Å². The Morgan fingerprint density at radius 2 is 1.81 bits per heavy atom. The Bertz CT molecular complexity index is 828. The predicted molar refractivity (Wildman–Crippen MR) is 102 cm³/mol. The van der Waals surface area contributed by atoms with Crippen molar-refractivity contribution in [2.75, 3.05) is 13.2 Å². The molecule has 1 unspecified atom stereocenters. The summed E-state index contributed by atoms with van der Waals surface area (Å²) >= 11 is 5.88. The zero-order valence-corrected chi connectivity index (χ0v) is 15.0. The van der Waals surface area contributed by atoms with Gasteiger partial charge in [0, 0.05) is 11.1 Å². The van der Waals surface area contributed by atoms with Crippen molar-refractivity contribution in [1.29, 1.82) is 0 Å². The summed E-state index contributed by atoms with van der Waals surface area (Å²) in [5.41, 5.74) is 2.00. The highest BCUT2D eigenvalue weighted by atomic mass is 35.5. The minimum atomic E-state index is -0.105. The molecular weight excluding hydrogens is 350 g/mol. The number of carbonyl (C=O) groups is 1. The van der Waals surface area contributed by atoms with E-state index in [1.165, 1.54) is 0 Å². The molecule has 1 atom stereocenters. The van der Waals surface area contributed by atoms with Gasteiger partial charge in [0.1, 0.15) is 13.2 Å². The lowest BCUT2D eigenvalue weighted by molar-refractivity contribution is -0.117. The number of hydrogen-bond donors (Lipinski definition) is 1. The van der Waals surface area contributed by atoms with Gasteiger partial charge < -0.3 is 14.8 Å². The highest BCUT2D eigenvalue weighted by molar-refractivity contribution is 6.30. The fraction of sp³-hybridized carbons (Fsp3) is 0.286. The third-order valence-electron chi connectivity index (χ3n) is 4.61. The normalized spacial score (nSPS) is 17.1. The number of nitrogens with one attached hydrogen (secondary N) is 1. The van der Waals surface area contributed by atoms with Crippen LogP contribution < -0.4 is 14.8 Å². The van der Waals surface area contributed by atoms with Crippen molar-refractivity contribution in [2.24, 2.45) is 5.92 Å². The second-order valence-electron chi connectivity index (χ2n) is 6.61. The van der Waals surface area contributed by atoms with Gasteiger partial charge in [-0.1, -0.05) is 29.8 Å². The van der Waals surface area contributed by atoms with Crippen LogP contribution in [0.4, 0.5) is 0 Å². The van der Waals surface area contributed by atoms with Crippen molar-refractivity contribution >= 4 is 23.6 Å². The van der Waals surface area contributed by atoms with Crippen molar-refractivity contribution in [3.05, 3.63) is 64.7 Å². The Labute approximate surface area is 157 Å². The molecule has 1 amide bonds. The topological polar surface area (TPSA) is 47.6 Å². The Kier molecular flexibility index (Phi) is 4.85. The van der Waals surface area contributed by atoms with Crippen LogP contribution in [0.15, 0.2) is 48.5 Å². The summed E-state index contributed by atoms with van der Waals surface area (Å²) in [4.78, 5) is 12.4. The monoisotopic (exact) mass is 369 g/mol. The molecular formula is C21H20ClNO3. The molecule has 0 spiro atoms. The molecule has 1 fully saturated rings. The fourth-order valence-corrected chi connectivity index (χ4v) is 3.23. The summed E-state index contributed by atoms with van der Waals surface area (Å²) in [5, 5.41) is 3.82. The summed E-state index contributed by atoms with van der Waals surface area (Å²) in [7, 11) is 0. The van der Waals surface area contributed by atoms with E-state index in [-0.39, 0.29) is 11.9 Å². The van der Waals surface area contributed by atoms with E-state index in [0.29, 0.717) is 24.2 Å². The molecule has 1 N–H and O–H groups in total. The summed E-state index contributed by atoms with van der Waals surface area (Å²) in [6.45, 7) is 1.13. The van der Waals surface area contributed by atoms with Crippen LogP contribution in [0.1, 0.15) is 30.0 Å². The number of ether oxygens (including phenoxy) is 2. The lowest BCUT2D eigenvalue weighted by Crippen LogP contribution is -2.28. The molecule has 134 valence electrons. The van der Waals surface area contributed by atoms with Gasteiger partial charge >= 0.3 is 0 Å². The first-order valence-corrected chi connectivity index (χ1v) is 9.20. The van der Waals surface area contributed by atoms with Crippen molar-refractivity contribution in [3.63, 3.8) is 0 Å². The zero-order valence-electron chi connectivity index (χ0n) is 14.3. The molecule has 2 aromatic carbocycles. The lowest BCUT2D eigenvalue weighted by Gasteiger charge is -2.22. The van der Waals surface area contributed by atoms with Crippen molar-refractivity contribution < 1.29 is 14.3 Å². The molecule has 0 radical (unpaired) electrons. The molecule has 1 saturated carbocycles. The molecule has 0 aromatic heterocycles. The van der Waals surface area contributed by atoms with Crippen molar-refractivity contribution in [1.82, 2.24) is 5.32 Å². The molecule has 5 heteroatoms. The van der Waals surface area contributed by atoms with Crippen LogP contribution in [0, 0.1) is 5.92 Å². The predicted octanol–water partition coefficient (Wildman–Crippen LogP) is 4.39. The van der Waals surface area contributed by atoms with Crippen LogP contribution >= 0.6 is 11.6 Å². The smallest absolute Gasteiger partial charge is 0.244 e. The van der Waals surface area contributed by atoms with Gasteiger partial charge in [-0.15, -0.1) is 0 Å². The SMILES string of the molecule is O=C(/C=C/c1ccc(Cl)cc1)NC(c1ccc2c(c1)OCCO2)C1CC1. The van der Waals surface area contributed by atoms with Crippen molar-refractivity contribution in [3.8, 4) is 11.5 Å². The Hall–Kier alpha value is -2.46. The lowest BCUT2D eigenvalue weighted by atomic mass is 10.0.